The van der Waals surface area contributed by atoms with Crippen molar-refractivity contribution in [2.24, 2.45) is 0 Å². The predicted molar refractivity (Wildman–Crippen MR) is 95.4 cm³/mol. The number of thioether (sulfide) groups is 1. The zero-order valence-electron chi connectivity index (χ0n) is 13.3. The van der Waals surface area contributed by atoms with Crippen molar-refractivity contribution in [3.8, 4) is 0 Å². The van der Waals surface area contributed by atoms with Crippen LogP contribution in [0.15, 0.2) is 68.7 Å². The van der Waals surface area contributed by atoms with Gasteiger partial charge in [0.05, 0.1) is 5.52 Å². The van der Waals surface area contributed by atoms with E-state index in [0.29, 0.717) is 17.6 Å². The first-order valence-electron chi connectivity index (χ1n) is 7.72. The van der Waals surface area contributed by atoms with Gasteiger partial charge < -0.3 is 9.73 Å². The highest BCUT2D eigenvalue weighted by Gasteiger charge is 2.20. The van der Waals surface area contributed by atoms with E-state index in [4.69, 9.17) is 4.42 Å². The molecule has 6 heteroatoms. The smallest absolute Gasteiger partial charge is 0.408 e. The molecule has 5 nitrogen and oxygen atoms in total. The maximum absolute atomic E-state index is 12.3. The molecule has 1 atom stereocenters. The number of fused-ring (bicyclic) bond motifs is 1. The van der Waals surface area contributed by atoms with E-state index in [2.05, 4.69) is 5.32 Å². The van der Waals surface area contributed by atoms with Crippen LogP contribution in [-0.4, -0.2) is 22.8 Å². The fourth-order valence-electron chi connectivity index (χ4n) is 2.48. The van der Waals surface area contributed by atoms with E-state index in [-0.39, 0.29) is 5.91 Å². The molecule has 1 aromatic heterocycles. The highest BCUT2D eigenvalue weighted by molar-refractivity contribution is 7.99. The summed E-state index contributed by atoms with van der Waals surface area (Å²) in [6, 6.07) is 16.5. The van der Waals surface area contributed by atoms with E-state index in [0.717, 1.165) is 10.6 Å². The van der Waals surface area contributed by atoms with Gasteiger partial charge in [0.2, 0.25) is 5.91 Å². The SMILES string of the molecule is CC(C(=O)NCCSc1ccccc1)n1c(=O)oc2ccccc21. The summed E-state index contributed by atoms with van der Waals surface area (Å²) >= 11 is 1.68. The first-order chi connectivity index (χ1) is 11.7. The van der Waals surface area contributed by atoms with Gasteiger partial charge in [0.1, 0.15) is 6.04 Å². The Hall–Kier alpha value is -2.47. The second-order valence-corrected chi connectivity index (χ2v) is 6.50. The van der Waals surface area contributed by atoms with Gasteiger partial charge in [0, 0.05) is 17.2 Å². The van der Waals surface area contributed by atoms with Crippen LogP contribution >= 0.6 is 11.8 Å². The number of carbonyl (C=O) groups excluding carboxylic acids is 1. The number of oxazole rings is 1. The quantitative estimate of drug-likeness (QED) is 0.552. The highest BCUT2D eigenvalue weighted by atomic mass is 32.2. The molecule has 1 unspecified atom stereocenters. The first-order valence-corrected chi connectivity index (χ1v) is 8.71. The number of hydrogen-bond donors (Lipinski definition) is 1. The van der Waals surface area contributed by atoms with Crippen molar-refractivity contribution in [1.29, 1.82) is 0 Å². The summed E-state index contributed by atoms with van der Waals surface area (Å²) < 4.78 is 6.56. The van der Waals surface area contributed by atoms with Crippen LogP contribution in [0.5, 0.6) is 0 Å². The molecule has 24 heavy (non-hydrogen) atoms. The predicted octanol–water partition coefficient (Wildman–Crippen LogP) is 3.06. The lowest BCUT2D eigenvalue weighted by atomic mass is 10.2. The first kappa shape index (κ1) is 16.4. The average Bonchev–Trinajstić information content (AvgIpc) is 2.94. The minimum absolute atomic E-state index is 0.197. The molecule has 0 aliphatic rings. The molecule has 0 radical (unpaired) electrons. The summed E-state index contributed by atoms with van der Waals surface area (Å²) in [6.45, 7) is 2.23. The number of amides is 1. The van der Waals surface area contributed by atoms with Gasteiger partial charge in [0.25, 0.3) is 0 Å². The van der Waals surface area contributed by atoms with E-state index in [9.17, 15) is 9.59 Å². The van der Waals surface area contributed by atoms with Crippen LogP contribution in [-0.2, 0) is 4.79 Å². The van der Waals surface area contributed by atoms with Crippen molar-refractivity contribution >= 4 is 28.8 Å². The molecule has 0 saturated heterocycles. The minimum Gasteiger partial charge on any atom is -0.408 e. The van der Waals surface area contributed by atoms with Gasteiger partial charge in [-0.25, -0.2) is 4.79 Å². The van der Waals surface area contributed by atoms with Crippen LogP contribution < -0.4 is 11.1 Å². The topological polar surface area (TPSA) is 64.2 Å². The molecular formula is C18H18N2O3S. The highest BCUT2D eigenvalue weighted by Crippen LogP contribution is 2.17. The molecule has 3 rings (SSSR count). The summed E-state index contributed by atoms with van der Waals surface area (Å²) in [5.41, 5.74) is 1.12. The van der Waals surface area contributed by atoms with Gasteiger partial charge in [-0.15, -0.1) is 11.8 Å². The lowest BCUT2D eigenvalue weighted by Crippen LogP contribution is -2.35. The van der Waals surface area contributed by atoms with E-state index in [1.807, 2.05) is 36.4 Å². The summed E-state index contributed by atoms with van der Waals surface area (Å²) in [6.07, 6.45) is 0. The zero-order chi connectivity index (χ0) is 16.9. The number of benzene rings is 2. The third kappa shape index (κ3) is 3.54. The van der Waals surface area contributed by atoms with Crippen LogP contribution in [0.3, 0.4) is 0 Å². The summed E-state index contributed by atoms with van der Waals surface area (Å²) in [5, 5.41) is 2.87. The molecule has 0 fully saturated rings. The van der Waals surface area contributed by atoms with Crippen LogP contribution in [0.1, 0.15) is 13.0 Å². The van der Waals surface area contributed by atoms with Crippen LogP contribution in [0, 0.1) is 0 Å². The summed E-state index contributed by atoms with van der Waals surface area (Å²) in [7, 11) is 0. The van der Waals surface area contributed by atoms with E-state index < -0.39 is 11.8 Å². The Morgan fingerprint density at radius 3 is 2.67 bits per heavy atom. The van der Waals surface area contributed by atoms with Crippen molar-refractivity contribution in [2.45, 2.75) is 17.9 Å². The lowest BCUT2D eigenvalue weighted by Gasteiger charge is -2.13. The van der Waals surface area contributed by atoms with Crippen LogP contribution in [0.2, 0.25) is 0 Å². The molecule has 1 amide bonds. The van der Waals surface area contributed by atoms with Gasteiger partial charge in [-0.3, -0.25) is 9.36 Å². The number of hydrogen-bond acceptors (Lipinski definition) is 4. The number of rotatable bonds is 6. The molecule has 1 N–H and O–H groups in total. The second kappa shape index (κ2) is 7.40. The fraction of sp³-hybridized carbons (Fsp3) is 0.222. The number of nitrogens with zero attached hydrogens (tertiary/aromatic N) is 1. The second-order valence-electron chi connectivity index (χ2n) is 5.33. The molecule has 124 valence electrons. The molecule has 0 aliphatic heterocycles. The molecule has 0 bridgehead atoms. The van der Waals surface area contributed by atoms with Gasteiger partial charge in [-0.2, -0.15) is 0 Å². The lowest BCUT2D eigenvalue weighted by molar-refractivity contribution is -0.123. The van der Waals surface area contributed by atoms with Crippen LogP contribution in [0.25, 0.3) is 11.1 Å². The zero-order valence-corrected chi connectivity index (χ0v) is 14.1. The maximum atomic E-state index is 12.3. The maximum Gasteiger partial charge on any atom is 0.420 e. The van der Waals surface area contributed by atoms with E-state index in [1.165, 1.54) is 4.57 Å². The number of carbonyl (C=O) groups is 1. The number of para-hydroxylation sites is 2. The molecule has 2 aromatic carbocycles. The minimum atomic E-state index is -0.622. The third-order valence-corrected chi connectivity index (χ3v) is 4.71. The normalized spacial score (nSPS) is 12.2. The van der Waals surface area contributed by atoms with E-state index >= 15 is 0 Å². The van der Waals surface area contributed by atoms with Crippen molar-refractivity contribution in [3.63, 3.8) is 0 Å². The largest absolute Gasteiger partial charge is 0.420 e. The standard InChI is InChI=1S/C18H18N2O3S/c1-13(20-15-9-5-6-10-16(15)23-18(20)22)17(21)19-11-12-24-14-7-3-2-4-8-14/h2-10,13H,11-12H2,1H3,(H,19,21). The Morgan fingerprint density at radius 2 is 1.88 bits per heavy atom. The Labute approximate surface area is 143 Å². The van der Waals surface area contributed by atoms with Gasteiger partial charge in [-0.05, 0) is 31.2 Å². The summed E-state index contributed by atoms with van der Waals surface area (Å²) in [5.74, 6) is 0.0542. The Morgan fingerprint density at radius 1 is 1.17 bits per heavy atom. The molecule has 0 saturated carbocycles. The monoisotopic (exact) mass is 342 g/mol. The van der Waals surface area contributed by atoms with E-state index in [1.54, 1.807) is 36.9 Å². The van der Waals surface area contributed by atoms with Crippen molar-refractivity contribution in [2.75, 3.05) is 12.3 Å². The van der Waals surface area contributed by atoms with Crippen LogP contribution in [0.4, 0.5) is 0 Å². The molecule has 1 heterocycles. The van der Waals surface area contributed by atoms with Crippen molar-refractivity contribution in [1.82, 2.24) is 9.88 Å². The van der Waals surface area contributed by atoms with Gasteiger partial charge in [-0.1, -0.05) is 30.3 Å². The van der Waals surface area contributed by atoms with Crippen molar-refractivity contribution < 1.29 is 9.21 Å². The molecule has 0 spiro atoms. The van der Waals surface area contributed by atoms with Gasteiger partial charge >= 0.3 is 5.76 Å². The van der Waals surface area contributed by atoms with Crippen molar-refractivity contribution in [3.05, 3.63) is 65.1 Å². The Bertz CT molecular complexity index is 886. The number of nitrogens with one attached hydrogen (secondary N) is 1. The number of aromatic nitrogens is 1. The summed E-state index contributed by atoms with van der Waals surface area (Å²) in [4.78, 5) is 25.5. The van der Waals surface area contributed by atoms with Gasteiger partial charge in [0.15, 0.2) is 5.58 Å². The molecular weight excluding hydrogens is 324 g/mol. The molecule has 0 aliphatic carbocycles. The average molecular weight is 342 g/mol. The Kier molecular flexibility index (Phi) is 5.05. The third-order valence-electron chi connectivity index (χ3n) is 3.70. The molecule has 3 aromatic rings. The fourth-order valence-corrected chi connectivity index (χ4v) is 3.27. The Balaban J connectivity index is 1.60.